The highest BCUT2D eigenvalue weighted by molar-refractivity contribution is 5.65. The SMILES string of the molecule is O=C(O)N1CCN(CCOc2cccc(N3CCNCC34CCC4)c2)CC1Cc1ccccc1. The maximum Gasteiger partial charge on any atom is 0.407 e. The normalized spacial score (nSPS) is 22.4. The number of carbonyl (C=O) groups is 1. The van der Waals surface area contributed by atoms with Crippen LogP contribution in [-0.4, -0.2) is 85.0 Å². The second kappa shape index (κ2) is 10.2. The predicted octanol–water partition coefficient (Wildman–Crippen LogP) is 3.30. The molecule has 0 radical (unpaired) electrons. The molecule has 5 rings (SSSR count). The van der Waals surface area contributed by atoms with E-state index in [2.05, 4.69) is 45.4 Å². The molecular formula is C27H36N4O3. The largest absolute Gasteiger partial charge is 0.492 e. The molecule has 1 unspecified atom stereocenters. The molecule has 2 N–H and O–H groups in total. The number of piperazine rings is 2. The van der Waals surface area contributed by atoms with Crippen molar-refractivity contribution >= 4 is 11.8 Å². The van der Waals surface area contributed by atoms with Crippen LogP contribution in [0.4, 0.5) is 10.5 Å². The van der Waals surface area contributed by atoms with Crippen LogP contribution in [0.25, 0.3) is 0 Å². The van der Waals surface area contributed by atoms with Crippen LogP contribution in [0.15, 0.2) is 54.6 Å². The summed E-state index contributed by atoms with van der Waals surface area (Å²) in [5, 5.41) is 13.2. The van der Waals surface area contributed by atoms with E-state index in [1.165, 1.54) is 30.5 Å². The van der Waals surface area contributed by atoms with Crippen LogP contribution in [0.3, 0.4) is 0 Å². The summed E-state index contributed by atoms with van der Waals surface area (Å²) in [4.78, 5) is 18.3. The fraction of sp³-hybridized carbons (Fsp3) is 0.519. The van der Waals surface area contributed by atoms with Gasteiger partial charge in [-0.25, -0.2) is 4.79 Å². The number of ether oxygens (including phenoxy) is 1. The molecule has 0 bridgehead atoms. The van der Waals surface area contributed by atoms with E-state index in [1.54, 1.807) is 4.90 Å². The molecule has 1 atom stereocenters. The average Bonchev–Trinajstić information content (AvgIpc) is 2.84. The van der Waals surface area contributed by atoms with Crippen LogP contribution >= 0.6 is 0 Å². The second-order valence-corrected chi connectivity index (χ2v) is 9.87. The molecule has 34 heavy (non-hydrogen) atoms. The third kappa shape index (κ3) is 5.00. The highest BCUT2D eigenvalue weighted by Gasteiger charge is 2.44. The molecule has 1 aliphatic carbocycles. The van der Waals surface area contributed by atoms with Gasteiger partial charge in [-0.1, -0.05) is 36.4 Å². The Labute approximate surface area is 202 Å². The molecule has 2 aromatic rings. The van der Waals surface area contributed by atoms with Gasteiger partial charge in [0.05, 0.1) is 11.6 Å². The Balaban J connectivity index is 1.16. The zero-order chi connectivity index (χ0) is 23.4. The van der Waals surface area contributed by atoms with Gasteiger partial charge in [0.1, 0.15) is 12.4 Å². The van der Waals surface area contributed by atoms with Gasteiger partial charge in [0, 0.05) is 57.6 Å². The Morgan fingerprint density at radius 1 is 1.09 bits per heavy atom. The van der Waals surface area contributed by atoms with Crippen LogP contribution in [0, 0.1) is 0 Å². The first-order chi connectivity index (χ1) is 16.6. The highest BCUT2D eigenvalue weighted by atomic mass is 16.5. The number of anilines is 1. The van der Waals surface area contributed by atoms with E-state index in [4.69, 9.17) is 4.74 Å². The summed E-state index contributed by atoms with van der Waals surface area (Å²) in [5.74, 6) is 0.913. The van der Waals surface area contributed by atoms with E-state index in [0.29, 0.717) is 13.2 Å². The molecule has 1 saturated carbocycles. The Morgan fingerprint density at radius 3 is 2.71 bits per heavy atom. The Morgan fingerprint density at radius 2 is 1.94 bits per heavy atom. The molecule has 2 aliphatic heterocycles. The maximum absolute atomic E-state index is 11.8. The lowest BCUT2D eigenvalue weighted by Gasteiger charge is -2.54. The van der Waals surface area contributed by atoms with E-state index in [-0.39, 0.29) is 11.6 Å². The van der Waals surface area contributed by atoms with Crippen LogP contribution < -0.4 is 15.0 Å². The van der Waals surface area contributed by atoms with Gasteiger partial charge in [-0.15, -0.1) is 0 Å². The first-order valence-corrected chi connectivity index (χ1v) is 12.6. The lowest BCUT2D eigenvalue weighted by molar-refractivity contribution is 0.0618. The summed E-state index contributed by atoms with van der Waals surface area (Å²) in [6, 6.07) is 18.6. The predicted molar refractivity (Wildman–Crippen MR) is 134 cm³/mol. The molecule has 1 spiro atoms. The molecule has 7 heteroatoms. The molecule has 3 aliphatic rings. The molecule has 1 amide bonds. The van der Waals surface area contributed by atoms with Gasteiger partial charge < -0.3 is 25.0 Å². The number of nitrogens with zero attached hydrogens (tertiary/aromatic N) is 3. The standard InChI is InChI=1S/C27H36N4O3/c32-26(33)30-15-14-29(20-24(30)18-22-6-2-1-3-7-22)16-17-34-25-9-4-8-23(19-25)31-13-12-28-21-27(31)10-5-11-27/h1-4,6-9,19,24,28H,5,10-18,20-21H2,(H,32,33). The summed E-state index contributed by atoms with van der Waals surface area (Å²) < 4.78 is 6.17. The number of benzene rings is 2. The average molecular weight is 465 g/mol. The van der Waals surface area contributed by atoms with E-state index in [9.17, 15) is 9.90 Å². The van der Waals surface area contributed by atoms with Crippen molar-refractivity contribution in [2.24, 2.45) is 0 Å². The second-order valence-electron chi connectivity index (χ2n) is 9.87. The van der Waals surface area contributed by atoms with Crippen molar-refractivity contribution in [1.82, 2.24) is 15.1 Å². The molecule has 182 valence electrons. The van der Waals surface area contributed by atoms with Crippen molar-refractivity contribution in [1.29, 1.82) is 0 Å². The van der Waals surface area contributed by atoms with E-state index >= 15 is 0 Å². The summed E-state index contributed by atoms with van der Waals surface area (Å²) in [5.41, 5.74) is 2.72. The molecular weight excluding hydrogens is 428 g/mol. The fourth-order valence-corrected chi connectivity index (χ4v) is 5.75. The van der Waals surface area contributed by atoms with Crippen LogP contribution in [-0.2, 0) is 6.42 Å². The van der Waals surface area contributed by atoms with Crippen LogP contribution in [0.5, 0.6) is 5.75 Å². The first-order valence-electron chi connectivity index (χ1n) is 12.6. The van der Waals surface area contributed by atoms with E-state index < -0.39 is 6.09 Å². The number of carboxylic acid groups (broad SMARTS) is 1. The molecule has 2 saturated heterocycles. The Hall–Kier alpha value is -2.77. The maximum atomic E-state index is 11.8. The number of rotatable bonds is 7. The van der Waals surface area contributed by atoms with Gasteiger partial charge in [0.2, 0.25) is 0 Å². The zero-order valence-corrected chi connectivity index (χ0v) is 19.9. The van der Waals surface area contributed by atoms with Gasteiger partial charge in [-0.2, -0.15) is 0 Å². The Kier molecular flexibility index (Phi) is 6.92. The fourth-order valence-electron chi connectivity index (χ4n) is 5.75. The Bertz CT molecular complexity index is 965. The van der Waals surface area contributed by atoms with Crippen molar-refractivity contribution in [2.45, 2.75) is 37.3 Å². The number of nitrogens with one attached hydrogen (secondary N) is 1. The lowest BCUT2D eigenvalue weighted by Crippen LogP contribution is -2.65. The number of hydrogen-bond donors (Lipinski definition) is 2. The van der Waals surface area contributed by atoms with Gasteiger partial charge in [0.15, 0.2) is 0 Å². The molecule has 2 aromatic carbocycles. The topological polar surface area (TPSA) is 68.3 Å². The van der Waals surface area contributed by atoms with Crippen molar-refractivity contribution < 1.29 is 14.6 Å². The minimum Gasteiger partial charge on any atom is -0.492 e. The van der Waals surface area contributed by atoms with E-state index in [1.807, 2.05) is 24.3 Å². The minimum absolute atomic E-state index is 0.0386. The molecule has 2 heterocycles. The monoisotopic (exact) mass is 464 g/mol. The number of amides is 1. The van der Waals surface area contributed by atoms with Gasteiger partial charge >= 0.3 is 6.09 Å². The highest BCUT2D eigenvalue weighted by Crippen LogP contribution is 2.41. The van der Waals surface area contributed by atoms with Crippen molar-refractivity contribution in [2.75, 3.05) is 57.3 Å². The minimum atomic E-state index is -0.828. The molecule has 0 aromatic heterocycles. The van der Waals surface area contributed by atoms with Crippen LogP contribution in [0.2, 0.25) is 0 Å². The number of hydrogen-bond acceptors (Lipinski definition) is 5. The van der Waals surface area contributed by atoms with Crippen molar-refractivity contribution in [3.63, 3.8) is 0 Å². The smallest absolute Gasteiger partial charge is 0.407 e. The quantitative estimate of drug-likeness (QED) is 0.655. The summed E-state index contributed by atoms with van der Waals surface area (Å²) in [6.07, 6.45) is 3.74. The van der Waals surface area contributed by atoms with Gasteiger partial charge in [0.25, 0.3) is 0 Å². The lowest BCUT2D eigenvalue weighted by atomic mass is 9.74. The van der Waals surface area contributed by atoms with Crippen molar-refractivity contribution in [3.05, 3.63) is 60.2 Å². The van der Waals surface area contributed by atoms with E-state index in [0.717, 1.165) is 51.4 Å². The van der Waals surface area contributed by atoms with Gasteiger partial charge in [-0.3, -0.25) is 4.90 Å². The molecule has 3 fully saturated rings. The zero-order valence-electron chi connectivity index (χ0n) is 19.9. The van der Waals surface area contributed by atoms with Crippen molar-refractivity contribution in [3.8, 4) is 5.75 Å². The summed E-state index contributed by atoms with van der Waals surface area (Å²) >= 11 is 0. The third-order valence-electron chi connectivity index (χ3n) is 7.76. The third-order valence-corrected chi connectivity index (χ3v) is 7.76. The first kappa shape index (κ1) is 23.0. The van der Waals surface area contributed by atoms with Crippen LogP contribution in [0.1, 0.15) is 24.8 Å². The molecule has 7 nitrogen and oxygen atoms in total. The van der Waals surface area contributed by atoms with Gasteiger partial charge in [-0.05, 0) is 43.4 Å². The summed E-state index contributed by atoms with van der Waals surface area (Å²) in [6.45, 7) is 6.54. The summed E-state index contributed by atoms with van der Waals surface area (Å²) in [7, 11) is 0.